The zero-order valence-electron chi connectivity index (χ0n) is 7.46. The Hall–Kier alpha value is -0.590. The van der Waals surface area contributed by atoms with Crippen LogP contribution >= 0.6 is 0 Å². The number of allylic oxidation sites excluding steroid dienone is 2. The van der Waals surface area contributed by atoms with Gasteiger partial charge in [-0.2, -0.15) is 0 Å². The Kier molecular flexibility index (Phi) is 2.29. The fraction of sp³-hybridized carbons (Fsp3) is 0.727. The second-order valence-electron chi connectivity index (χ2n) is 4.14. The zero-order valence-corrected chi connectivity index (χ0v) is 7.46. The molecule has 2 aliphatic rings. The van der Waals surface area contributed by atoms with Gasteiger partial charge in [-0.3, -0.25) is 4.79 Å². The van der Waals surface area contributed by atoms with Gasteiger partial charge in [-0.1, -0.05) is 18.9 Å². The maximum Gasteiger partial charge on any atom is 0.145 e. The van der Waals surface area contributed by atoms with Crippen LogP contribution in [-0.2, 0) is 4.79 Å². The summed E-state index contributed by atoms with van der Waals surface area (Å²) in [7, 11) is 0. The fourth-order valence-electron chi connectivity index (χ4n) is 2.65. The number of carbonyl (C=O) groups is 1. The Morgan fingerprint density at radius 2 is 2.00 bits per heavy atom. The summed E-state index contributed by atoms with van der Waals surface area (Å²) in [4.78, 5) is 10.6. The van der Waals surface area contributed by atoms with Crippen molar-refractivity contribution < 1.29 is 4.79 Å². The van der Waals surface area contributed by atoms with Gasteiger partial charge in [0.2, 0.25) is 0 Å². The SMILES string of the molecule is O=CC1=CCC2CCCCC2C1. The molecule has 0 bridgehead atoms. The van der Waals surface area contributed by atoms with Crippen LogP contribution in [0.2, 0.25) is 0 Å². The molecule has 2 aliphatic carbocycles. The quantitative estimate of drug-likeness (QED) is 0.544. The van der Waals surface area contributed by atoms with E-state index in [2.05, 4.69) is 6.08 Å². The summed E-state index contributed by atoms with van der Waals surface area (Å²) < 4.78 is 0. The Balaban J connectivity index is 2.05. The Bertz CT molecular complexity index is 205. The predicted molar refractivity (Wildman–Crippen MR) is 48.8 cm³/mol. The second-order valence-corrected chi connectivity index (χ2v) is 4.14. The van der Waals surface area contributed by atoms with Crippen molar-refractivity contribution in [2.75, 3.05) is 0 Å². The van der Waals surface area contributed by atoms with Crippen LogP contribution in [0.5, 0.6) is 0 Å². The summed E-state index contributed by atoms with van der Waals surface area (Å²) in [6.45, 7) is 0. The molecule has 1 fully saturated rings. The summed E-state index contributed by atoms with van der Waals surface area (Å²) in [6, 6.07) is 0. The van der Waals surface area contributed by atoms with E-state index in [4.69, 9.17) is 0 Å². The minimum absolute atomic E-state index is 0.837. The molecule has 2 rings (SSSR count). The first kappa shape index (κ1) is 8.03. The van der Waals surface area contributed by atoms with E-state index in [1.54, 1.807) is 0 Å². The predicted octanol–water partition coefficient (Wildman–Crippen LogP) is 2.71. The molecule has 66 valence electrons. The normalized spacial score (nSPS) is 35.2. The molecule has 0 heterocycles. The highest BCUT2D eigenvalue weighted by Crippen LogP contribution is 2.39. The van der Waals surface area contributed by atoms with Crippen molar-refractivity contribution in [1.82, 2.24) is 0 Å². The van der Waals surface area contributed by atoms with Crippen molar-refractivity contribution in [3.63, 3.8) is 0 Å². The Labute approximate surface area is 73.8 Å². The summed E-state index contributed by atoms with van der Waals surface area (Å²) in [5.74, 6) is 1.74. The van der Waals surface area contributed by atoms with Crippen LogP contribution in [0.15, 0.2) is 11.6 Å². The maximum absolute atomic E-state index is 10.6. The van der Waals surface area contributed by atoms with E-state index in [-0.39, 0.29) is 0 Å². The molecule has 12 heavy (non-hydrogen) atoms. The van der Waals surface area contributed by atoms with Gasteiger partial charge in [0.1, 0.15) is 6.29 Å². The largest absolute Gasteiger partial charge is 0.298 e. The molecule has 1 nitrogen and oxygen atoms in total. The minimum Gasteiger partial charge on any atom is -0.298 e. The molecular weight excluding hydrogens is 148 g/mol. The van der Waals surface area contributed by atoms with Crippen molar-refractivity contribution in [1.29, 1.82) is 0 Å². The molecular formula is C11H16O. The van der Waals surface area contributed by atoms with E-state index in [1.165, 1.54) is 32.1 Å². The number of rotatable bonds is 1. The lowest BCUT2D eigenvalue weighted by molar-refractivity contribution is -0.105. The molecule has 0 radical (unpaired) electrons. The molecule has 0 aromatic carbocycles. The smallest absolute Gasteiger partial charge is 0.145 e. The summed E-state index contributed by atoms with van der Waals surface area (Å²) in [6.07, 6.45) is 11.0. The van der Waals surface area contributed by atoms with Gasteiger partial charge >= 0.3 is 0 Å². The minimum atomic E-state index is 0.837. The number of carbonyl (C=O) groups excluding carboxylic acids is 1. The van der Waals surface area contributed by atoms with Gasteiger partial charge in [0, 0.05) is 0 Å². The highest BCUT2D eigenvalue weighted by atomic mass is 16.1. The lowest BCUT2D eigenvalue weighted by Gasteiger charge is -2.33. The van der Waals surface area contributed by atoms with Gasteiger partial charge in [-0.15, -0.1) is 0 Å². The third kappa shape index (κ3) is 1.45. The van der Waals surface area contributed by atoms with Crippen LogP contribution in [-0.4, -0.2) is 6.29 Å². The lowest BCUT2D eigenvalue weighted by atomic mass is 9.71. The van der Waals surface area contributed by atoms with Crippen LogP contribution in [0.25, 0.3) is 0 Å². The van der Waals surface area contributed by atoms with Gasteiger partial charge in [-0.25, -0.2) is 0 Å². The molecule has 2 atom stereocenters. The zero-order chi connectivity index (χ0) is 8.39. The van der Waals surface area contributed by atoms with Crippen molar-refractivity contribution in [3.05, 3.63) is 11.6 Å². The van der Waals surface area contributed by atoms with E-state index < -0.39 is 0 Å². The van der Waals surface area contributed by atoms with Gasteiger partial charge in [-0.05, 0) is 43.1 Å². The number of fused-ring (bicyclic) bond motifs is 1. The van der Waals surface area contributed by atoms with Crippen molar-refractivity contribution in [3.8, 4) is 0 Å². The van der Waals surface area contributed by atoms with Crippen LogP contribution in [0.4, 0.5) is 0 Å². The van der Waals surface area contributed by atoms with Gasteiger partial charge in [0.25, 0.3) is 0 Å². The van der Waals surface area contributed by atoms with E-state index in [0.29, 0.717) is 0 Å². The molecule has 0 saturated heterocycles. The van der Waals surface area contributed by atoms with E-state index >= 15 is 0 Å². The van der Waals surface area contributed by atoms with Crippen LogP contribution in [0.3, 0.4) is 0 Å². The maximum atomic E-state index is 10.6. The molecule has 2 unspecified atom stereocenters. The number of hydrogen-bond acceptors (Lipinski definition) is 1. The van der Waals surface area contributed by atoms with Gasteiger partial charge in [0.05, 0.1) is 0 Å². The van der Waals surface area contributed by atoms with Crippen molar-refractivity contribution >= 4 is 6.29 Å². The van der Waals surface area contributed by atoms with Crippen LogP contribution in [0, 0.1) is 11.8 Å². The van der Waals surface area contributed by atoms with Gasteiger partial charge in [0.15, 0.2) is 0 Å². The first-order valence-corrected chi connectivity index (χ1v) is 5.04. The summed E-state index contributed by atoms with van der Waals surface area (Å²) in [5.41, 5.74) is 1.05. The highest BCUT2D eigenvalue weighted by Gasteiger charge is 2.27. The third-order valence-electron chi connectivity index (χ3n) is 3.40. The monoisotopic (exact) mass is 164 g/mol. The number of aldehydes is 1. The lowest BCUT2D eigenvalue weighted by Crippen LogP contribution is -2.22. The number of hydrogen-bond donors (Lipinski definition) is 0. The molecule has 0 aliphatic heterocycles. The summed E-state index contributed by atoms with van der Waals surface area (Å²) >= 11 is 0. The fourth-order valence-corrected chi connectivity index (χ4v) is 2.65. The van der Waals surface area contributed by atoms with Crippen LogP contribution in [0.1, 0.15) is 38.5 Å². The van der Waals surface area contributed by atoms with Crippen molar-refractivity contribution in [2.45, 2.75) is 38.5 Å². The highest BCUT2D eigenvalue weighted by molar-refractivity contribution is 5.73. The molecule has 0 spiro atoms. The van der Waals surface area contributed by atoms with Crippen LogP contribution < -0.4 is 0 Å². The second kappa shape index (κ2) is 3.42. The molecule has 0 aromatic heterocycles. The Morgan fingerprint density at radius 3 is 2.75 bits per heavy atom. The van der Waals surface area contributed by atoms with Crippen molar-refractivity contribution in [2.24, 2.45) is 11.8 Å². The Morgan fingerprint density at radius 1 is 1.25 bits per heavy atom. The molecule has 1 heteroatoms. The van der Waals surface area contributed by atoms with E-state index in [0.717, 1.165) is 30.1 Å². The first-order chi connectivity index (χ1) is 5.90. The average Bonchev–Trinajstić information content (AvgIpc) is 2.17. The van der Waals surface area contributed by atoms with E-state index in [9.17, 15) is 4.79 Å². The van der Waals surface area contributed by atoms with Gasteiger partial charge < -0.3 is 0 Å². The molecule has 1 saturated carbocycles. The topological polar surface area (TPSA) is 17.1 Å². The standard InChI is InChI=1S/C11H16O/c12-8-9-5-6-10-3-1-2-4-11(10)7-9/h5,8,10-11H,1-4,6-7H2. The molecule has 0 N–H and O–H groups in total. The third-order valence-corrected chi connectivity index (χ3v) is 3.40. The molecule has 0 aromatic rings. The molecule has 0 amide bonds. The summed E-state index contributed by atoms with van der Waals surface area (Å²) in [5, 5.41) is 0. The van der Waals surface area contributed by atoms with E-state index in [1.807, 2.05) is 0 Å². The average molecular weight is 164 g/mol. The first-order valence-electron chi connectivity index (χ1n) is 5.04.